The van der Waals surface area contributed by atoms with Crippen LogP contribution >= 0.6 is 11.8 Å². The van der Waals surface area contributed by atoms with Crippen molar-refractivity contribution in [2.75, 3.05) is 12.9 Å². The van der Waals surface area contributed by atoms with Crippen molar-refractivity contribution in [3.63, 3.8) is 0 Å². The molecule has 8 heteroatoms. The van der Waals surface area contributed by atoms with Crippen LogP contribution in [0.25, 0.3) is 11.4 Å². The number of hydrogen-bond donors (Lipinski definition) is 1. The number of aromatic nitrogens is 4. The zero-order valence-electron chi connectivity index (χ0n) is 16.2. The van der Waals surface area contributed by atoms with Gasteiger partial charge in [-0.3, -0.25) is 14.3 Å². The van der Waals surface area contributed by atoms with Crippen LogP contribution in [0.1, 0.15) is 11.1 Å². The van der Waals surface area contributed by atoms with Crippen LogP contribution in [0.4, 0.5) is 0 Å². The maximum Gasteiger partial charge on any atom is 0.230 e. The molecule has 0 spiro atoms. The summed E-state index contributed by atoms with van der Waals surface area (Å²) in [5.41, 5.74) is 3.03. The number of thioether (sulfide) groups is 1. The van der Waals surface area contributed by atoms with Crippen LogP contribution in [0.2, 0.25) is 0 Å². The molecule has 3 aromatic rings. The van der Waals surface area contributed by atoms with Gasteiger partial charge in [-0.15, -0.1) is 16.8 Å². The second kappa shape index (κ2) is 10.5. The SMILES string of the molecule is C=CCn1c(SCC(=O)NCc2cccc(COC)c2)nnc1-c1ccncc1. The molecule has 0 fully saturated rings. The molecule has 3 rings (SSSR count). The zero-order valence-corrected chi connectivity index (χ0v) is 17.1. The summed E-state index contributed by atoms with van der Waals surface area (Å²) < 4.78 is 7.08. The highest BCUT2D eigenvalue weighted by Crippen LogP contribution is 2.23. The highest BCUT2D eigenvalue weighted by Gasteiger charge is 2.14. The zero-order chi connectivity index (χ0) is 20.5. The van der Waals surface area contributed by atoms with Gasteiger partial charge in [-0.05, 0) is 23.3 Å². The fourth-order valence-electron chi connectivity index (χ4n) is 2.78. The third-order valence-electron chi connectivity index (χ3n) is 4.09. The van der Waals surface area contributed by atoms with Gasteiger partial charge in [-0.1, -0.05) is 42.1 Å². The van der Waals surface area contributed by atoms with Crippen LogP contribution < -0.4 is 5.32 Å². The summed E-state index contributed by atoms with van der Waals surface area (Å²) in [7, 11) is 1.66. The van der Waals surface area contributed by atoms with E-state index in [0.29, 0.717) is 24.9 Å². The van der Waals surface area contributed by atoms with E-state index in [4.69, 9.17) is 4.74 Å². The van der Waals surface area contributed by atoms with Gasteiger partial charge in [0.25, 0.3) is 0 Å². The van der Waals surface area contributed by atoms with Gasteiger partial charge < -0.3 is 10.1 Å². The number of methoxy groups -OCH3 is 1. The van der Waals surface area contributed by atoms with Gasteiger partial charge in [-0.2, -0.15) is 0 Å². The molecule has 0 bridgehead atoms. The first kappa shape index (κ1) is 20.8. The number of pyridine rings is 1. The number of ether oxygens (including phenoxy) is 1. The van der Waals surface area contributed by atoms with E-state index in [1.165, 1.54) is 11.8 Å². The first-order valence-corrected chi connectivity index (χ1v) is 10.1. The molecule has 150 valence electrons. The first-order valence-electron chi connectivity index (χ1n) is 9.12. The predicted molar refractivity (Wildman–Crippen MR) is 113 cm³/mol. The molecule has 0 saturated heterocycles. The van der Waals surface area contributed by atoms with Gasteiger partial charge in [0, 0.05) is 38.2 Å². The van der Waals surface area contributed by atoms with E-state index < -0.39 is 0 Å². The number of carbonyl (C=O) groups is 1. The Bertz CT molecular complexity index is 959. The fourth-order valence-corrected chi connectivity index (χ4v) is 3.56. The van der Waals surface area contributed by atoms with Crippen molar-refractivity contribution in [3.05, 3.63) is 72.6 Å². The van der Waals surface area contributed by atoms with Crippen LogP contribution in [0, 0.1) is 0 Å². The van der Waals surface area contributed by atoms with E-state index in [-0.39, 0.29) is 11.7 Å². The van der Waals surface area contributed by atoms with Crippen molar-refractivity contribution in [1.82, 2.24) is 25.1 Å². The topological polar surface area (TPSA) is 81.9 Å². The predicted octanol–water partition coefficient (Wildman–Crippen LogP) is 3.08. The molecule has 0 atom stereocenters. The lowest BCUT2D eigenvalue weighted by Gasteiger charge is -2.09. The number of benzene rings is 1. The Kier molecular flexibility index (Phi) is 7.54. The van der Waals surface area contributed by atoms with E-state index in [1.54, 1.807) is 25.6 Å². The molecular weight excluding hydrogens is 386 g/mol. The third-order valence-corrected chi connectivity index (χ3v) is 5.06. The highest BCUT2D eigenvalue weighted by molar-refractivity contribution is 7.99. The third kappa shape index (κ3) is 5.75. The lowest BCUT2D eigenvalue weighted by Crippen LogP contribution is -2.24. The average molecular weight is 410 g/mol. The van der Waals surface area contributed by atoms with Crippen molar-refractivity contribution in [2.24, 2.45) is 0 Å². The van der Waals surface area contributed by atoms with Crippen LogP contribution in [-0.4, -0.2) is 38.5 Å². The Morgan fingerprint density at radius 2 is 2.03 bits per heavy atom. The minimum absolute atomic E-state index is 0.0641. The van der Waals surface area contributed by atoms with E-state index in [0.717, 1.165) is 22.5 Å². The molecule has 1 aromatic carbocycles. The largest absolute Gasteiger partial charge is 0.380 e. The molecule has 0 unspecified atom stereocenters. The summed E-state index contributed by atoms with van der Waals surface area (Å²) in [6.45, 7) is 5.38. The molecule has 0 saturated carbocycles. The molecule has 29 heavy (non-hydrogen) atoms. The Morgan fingerprint density at radius 3 is 2.79 bits per heavy atom. The van der Waals surface area contributed by atoms with Gasteiger partial charge >= 0.3 is 0 Å². The smallest absolute Gasteiger partial charge is 0.230 e. The lowest BCUT2D eigenvalue weighted by atomic mass is 10.1. The maximum absolute atomic E-state index is 12.3. The van der Waals surface area contributed by atoms with E-state index in [1.807, 2.05) is 41.0 Å². The number of hydrogen-bond acceptors (Lipinski definition) is 6. The Morgan fingerprint density at radius 1 is 1.24 bits per heavy atom. The standard InChI is InChI=1S/C21H23N5O2S/c1-3-11-26-20(18-7-9-22-10-8-18)24-25-21(26)29-15-19(27)23-13-16-5-4-6-17(12-16)14-28-2/h3-10,12H,1,11,13-15H2,2H3,(H,23,27). The van der Waals surface area contributed by atoms with Crippen LogP contribution in [0.5, 0.6) is 0 Å². The van der Waals surface area contributed by atoms with Crippen molar-refractivity contribution in [2.45, 2.75) is 24.9 Å². The quantitative estimate of drug-likeness (QED) is 0.409. The first-order chi connectivity index (χ1) is 14.2. The number of carbonyl (C=O) groups excluding carboxylic acids is 1. The van der Waals surface area contributed by atoms with Gasteiger partial charge in [-0.25, -0.2) is 0 Å². The molecule has 2 aromatic heterocycles. The Balaban J connectivity index is 1.59. The van der Waals surface area contributed by atoms with E-state index in [2.05, 4.69) is 27.1 Å². The molecule has 0 radical (unpaired) electrons. The van der Waals surface area contributed by atoms with Gasteiger partial charge in [0.15, 0.2) is 11.0 Å². The normalized spacial score (nSPS) is 10.7. The molecular formula is C21H23N5O2S. The number of nitrogens with one attached hydrogen (secondary N) is 1. The lowest BCUT2D eigenvalue weighted by molar-refractivity contribution is -0.118. The summed E-state index contributed by atoms with van der Waals surface area (Å²) in [4.78, 5) is 16.3. The number of allylic oxidation sites excluding steroid dienone is 1. The van der Waals surface area contributed by atoms with Crippen molar-refractivity contribution in [1.29, 1.82) is 0 Å². The van der Waals surface area contributed by atoms with Gasteiger partial charge in [0.1, 0.15) is 0 Å². The molecule has 0 aliphatic heterocycles. The molecule has 1 amide bonds. The number of nitrogens with zero attached hydrogens (tertiary/aromatic N) is 4. The van der Waals surface area contributed by atoms with Crippen LogP contribution in [-0.2, 0) is 29.2 Å². The van der Waals surface area contributed by atoms with Crippen molar-refractivity contribution in [3.8, 4) is 11.4 Å². The van der Waals surface area contributed by atoms with Gasteiger partial charge in [0.2, 0.25) is 5.91 Å². The highest BCUT2D eigenvalue weighted by atomic mass is 32.2. The van der Waals surface area contributed by atoms with Crippen LogP contribution in [0.3, 0.4) is 0 Å². The molecule has 2 heterocycles. The Labute approximate surface area is 174 Å². The summed E-state index contributed by atoms with van der Waals surface area (Å²) in [6.07, 6.45) is 5.21. The maximum atomic E-state index is 12.3. The van der Waals surface area contributed by atoms with Crippen molar-refractivity contribution < 1.29 is 9.53 Å². The second-order valence-corrected chi connectivity index (χ2v) is 7.20. The average Bonchev–Trinajstić information content (AvgIpc) is 3.15. The Hall–Kier alpha value is -2.97. The number of rotatable bonds is 10. The molecule has 7 nitrogen and oxygen atoms in total. The van der Waals surface area contributed by atoms with Crippen LogP contribution in [0.15, 0.2) is 66.6 Å². The van der Waals surface area contributed by atoms with E-state index >= 15 is 0 Å². The van der Waals surface area contributed by atoms with Crippen molar-refractivity contribution >= 4 is 17.7 Å². The second-order valence-electron chi connectivity index (χ2n) is 6.26. The molecule has 0 aliphatic rings. The number of amides is 1. The molecule has 1 N–H and O–H groups in total. The summed E-state index contributed by atoms with van der Waals surface area (Å²) in [5, 5.41) is 12.1. The van der Waals surface area contributed by atoms with Gasteiger partial charge in [0.05, 0.1) is 12.4 Å². The minimum atomic E-state index is -0.0641. The fraction of sp³-hybridized carbons (Fsp3) is 0.238. The summed E-state index contributed by atoms with van der Waals surface area (Å²) >= 11 is 1.35. The molecule has 0 aliphatic carbocycles. The monoisotopic (exact) mass is 409 g/mol. The summed E-state index contributed by atoms with van der Waals surface area (Å²) in [6, 6.07) is 11.7. The minimum Gasteiger partial charge on any atom is -0.380 e. The van der Waals surface area contributed by atoms with E-state index in [9.17, 15) is 4.79 Å². The summed E-state index contributed by atoms with van der Waals surface area (Å²) in [5.74, 6) is 0.916.